The number of carbonyl (C=O) groups excluding carboxylic acids is 1. The standard InChI is InChI=1S/C13H15Cl2N3O2/c1-7(2)11(13(19)20-3)18-10(5-14)17-9-4-8(15)6-16-12(9)18/h4,6-7,11H,5H2,1-3H3. The molecule has 0 bridgehead atoms. The lowest BCUT2D eigenvalue weighted by Crippen LogP contribution is -2.27. The average Bonchev–Trinajstić information content (AvgIpc) is 2.76. The number of alkyl halides is 1. The van der Waals surface area contributed by atoms with Gasteiger partial charge in [-0.15, -0.1) is 11.6 Å². The molecule has 0 saturated carbocycles. The van der Waals surface area contributed by atoms with Crippen molar-refractivity contribution in [1.29, 1.82) is 0 Å². The van der Waals surface area contributed by atoms with Crippen LogP contribution in [0.5, 0.6) is 0 Å². The van der Waals surface area contributed by atoms with Crippen LogP contribution in [0, 0.1) is 5.92 Å². The van der Waals surface area contributed by atoms with E-state index >= 15 is 0 Å². The Labute approximate surface area is 126 Å². The molecule has 2 heterocycles. The van der Waals surface area contributed by atoms with Crippen LogP contribution in [0.25, 0.3) is 11.2 Å². The van der Waals surface area contributed by atoms with E-state index in [-0.39, 0.29) is 17.8 Å². The maximum atomic E-state index is 12.1. The monoisotopic (exact) mass is 315 g/mol. The van der Waals surface area contributed by atoms with Gasteiger partial charge in [-0.2, -0.15) is 0 Å². The van der Waals surface area contributed by atoms with E-state index < -0.39 is 6.04 Å². The topological polar surface area (TPSA) is 57.0 Å². The van der Waals surface area contributed by atoms with Gasteiger partial charge in [0.15, 0.2) is 5.65 Å². The number of esters is 1. The first-order valence-electron chi connectivity index (χ1n) is 6.15. The van der Waals surface area contributed by atoms with Crippen LogP contribution in [0.4, 0.5) is 0 Å². The van der Waals surface area contributed by atoms with Gasteiger partial charge in [-0.25, -0.2) is 14.8 Å². The number of fused-ring (bicyclic) bond motifs is 1. The molecule has 0 aliphatic heterocycles. The van der Waals surface area contributed by atoms with Gasteiger partial charge in [-0.05, 0) is 12.0 Å². The highest BCUT2D eigenvalue weighted by Gasteiger charge is 2.29. The van der Waals surface area contributed by atoms with Crippen molar-refractivity contribution in [2.45, 2.75) is 25.8 Å². The average molecular weight is 316 g/mol. The molecule has 0 amide bonds. The SMILES string of the molecule is COC(=O)C(C(C)C)n1c(CCl)nc2cc(Cl)cnc21. The first-order chi connectivity index (χ1) is 9.49. The maximum absolute atomic E-state index is 12.1. The lowest BCUT2D eigenvalue weighted by atomic mass is 10.0. The van der Waals surface area contributed by atoms with E-state index in [0.29, 0.717) is 22.0 Å². The van der Waals surface area contributed by atoms with Gasteiger partial charge >= 0.3 is 5.97 Å². The highest BCUT2D eigenvalue weighted by atomic mass is 35.5. The minimum Gasteiger partial charge on any atom is -0.467 e. The molecule has 0 aliphatic carbocycles. The zero-order valence-corrected chi connectivity index (χ0v) is 12.9. The maximum Gasteiger partial charge on any atom is 0.329 e. The quantitative estimate of drug-likeness (QED) is 0.642. The van der Waals surface area contributed by atoms with Crippen molar-refractivity contribution in [2.24, 2.45) is 5.92 Å². The molecule has 7 heteroatoms. The smallest absolute Gasteiger partial charge is 0.329 e. The van der Waals surface area contributed by atoms with Gasteiger partial charge in [0, 0.05) is 6.20 Å². The molecule has 0 saturated heterocycles. The molecule has 20 heavy (non-hydrogen) atoms. The fourth-order valence-electron chi connectivity index (χ4n) is 2.19. The number of ether oxygens (including phenoxy) is 1. The summed E-state index contributed by atoms with van der Waals surface area (Å²) in [5.41, 5.74) is 1.19. The largest absolute Gasteiger partial charge is 0.467 e. The molecule has 0 spiro atoms. The summed E-state index contributed by atoms with van der Waals surface area (Å²) in [5.74, 6) is 0.413. The van der Waals surface area contributed by atoms with Crippen LogP contribution in [0.15, 0.2) is 12.3 Å². The molecule has 1 atom stereocenters. The summed E-state index contributed by atoms with van der Waals surface area (Å²) in [6, 6.07) is 1.18. The number of hydrogen-bond acceptors (Lipinski definition) is 4. The lowest BCUT2D eigenvalue weighted by Gasteiger charge is -2.21. The summed E-state index contributed by atoms with van der Waals surface area (Å²) in [7, 11) is 1.36. The Hall–Kier alpha value is -1.33. The second-order valence-electron chi connectivity index (χ2n) is 4.74. The minimum absolute atomic E-state index is 0.0132. The highest BCUT2D eigenvalue weighted by Crippen LogP contribution is 2.28. The van der Waals surface area contributed by atoms with Crippen molar-refractivity contribution in [2.75, 3.05) is 7.11 Å². The lowest BCUT2D eigenvalue weighted by molar-refractivity contribution is -0.146. The second kappa shape index (κ2) is 5.97. The molecule has 2 aromatic heterocycles. The van der Waals surface area contributed by atoms with E-state index in [2.05, 4.69) is 9.97 Å². The number of rotatable bonds is 4. The summed E-state index contributed by atoms with van der Waals surface area (Å²) < 4.78 is 6.62. The molecule has 0 fully saturated rings. The Morgan fingerprint density at radius 2 is 2.20 bits per heavy atom. The van der Waals surface area contributed by atoms with Crippen molar-refractivity contribution in [1.82, 2.24) is 14.5 Å². The fourth-order valence-corrected chi connectivity index (χ4v) is 2.53. The number of carbonyl (C=O) groups is 1. The van der Waals surface area contributed by atoms with Gasteiger partial charge < -0.3 is 4.74 Å². The number of methoxy groups -OCH3 is 1. The number of hydrogen-bond donors (Lipinski definition) is 0. The Kier molecular flexibility index (Phi) is 4.50. The Bertz CT molecular complexity index is 640. The van der Waals surface area contributed by atoms with Crippen LogP contribution in [0.2, 0.25) is 5.02 Å². The first-order valence-corrected chi connectivity index (χ1v) is 7.07. The number of pyridine rings is 1. The Balaban J connectivity index is 2.69. The molecular weight excluding hydrogens is 301 g/mol. The van der Waals surface area contributed by atoms with Crippen molar-refractivity contribution in [3.8, 4) is 0 Å². The summed E-state index contributed by atoms with van der Waals surface area (Å²) in [6.07, 6.45) is 1.52. The predicted molar refractivity (Wildman–Crippen MR) is 78.0 cm³/mol. The molecule has 0 radical (unpaired) electrons. The second-order valence-corrected chi connectivity index (χ2v) is 5.44. The molecule has 2 rings (SSSR count). The molecular formula is C13H15Cl2N3O2. The van der Waals surface area contributed by atoms with Crippen LogP contribution in [-0.4, -0.2) is 27.6 Å². The van der Waals surface area contributed by atoms with Gasteiger partial charge in [0.05, 0.1) is 18.0 Å². The van der Waals surface area contributed by atoms with Crippen LogP contribution in [0.3, 0.4) is 0 Å². The van der Waals surface area contributed by atoms with Crippen molar-refractivity contribution in [3.05, 3.63) is 23.1 Å². The highest BCUT2D eigenvalue weighted by molar-refractivity contribution is 6.31. The Morgan fingerprint density at radius 1 is 1.50 bits per heavy atom. The fraction of sp³-hybridized carbons (Fsp3) is 0.462. The molecule has 0 N–H and O–H groups in total. The number of nitrogens with zero attached hydrogens (tertiary/aromatic N) is 3. The Morgan fingerprint density at radius 3 is 2.75 bits per heavy atom. The summed E-state index contributed by atoms with van der Waals surface area (Å²) in [5, 5.41) is 0.488. The van der Waals surface area contributed by atoms with E-state index in [9.17, 15) is 4.79 Å². The molecule has 5 nitrogen and oxygen atoms in total. The summed E-state index contributed by atoms with van der Waals surface area (Å²) in [4.78, 5) is 20.7. The van der Waals surface area contributed by atoms with Gasteiger partial charge in [-0.3, -0.25) is 4.57 Å². The number of halogens is 2. The van der Waals surface area contributed by atoms with E-state index in [1.807, 2.05) is 13.8 Å². The van der Waals surface area contributed by atoms with Gasteiger partial charge in [0.2, 0.25) is 0 Å². The first kappa shape index (κ1) is 15.1. The van der Waals surface area contributed by atoms with Crippen LogP contribution in [0.1, 0.15) is 25.7 Å². The van der Waals surface area contributed by atoms with E-state index in [4.69, 9.17) is 27.9 Å². The van der Waals surface area contributed by atoms with Crippen molar-refractivity contribution in [3.63, 3.8) is 0 Å². The van der Waals surface area contributed by atoms with Gasteiger partial charge in [-0.1, -0.05) is 25.4 Å². The third kappa shape index (κ3) is 2.60. The molecule has 1 unspecified atom stereocenters. The normalized spacial score (nSPS) is 12.9. The van der Waals surface area contributed by atoms with E-state index in [1.165, 1.54) is 13.3 Å². The van der Waals surface area contributed by atoms with Crippen molar-refractivity contribution < 1.29 is 9.53 Å². The predicted octanol–water partition coefficient (Wildman–Crippen LogP) is 3.19. The molecule has 108 valence electrons. The van der Waals surface area contributed by atoms with Gasteiger partial charge in [0.25, 0.3) is 0 Å². The molecule has 0 aromatic carbocycles. The van der Waals surface area contributed by atoms with Crippen LogP contribution >= 0.6 is 23.2 Å². The molecule has 2 aromatic rings. The number of aromatic nitrogens is 3. The van der Waals surface area contributed by atoms with Crippen molar-refractivity contribution >= 4 is 40.3 Å². The third-order valence-electron chi connectivity index (χ3n) is 3.04. The van der Waals surface area contributed by atoms with Crippen LogP contribution in [-0.2, 0) is 15.4 Å². The molecule has 0 aliphatic rings. The minimum atomic E-state index is -0.521. The van der Waals surface area contributed by atoms with Gasteiger partial charge in [0.1, 0.15) is 17.4 Å². The van der Waals surface area contributed by atoms with E-state index in [1.54, 1.807) is 10.6 Å². The van der Waals surface area contributed by atoms with Crippen LogP contribution < -0.4 is 0 Å². The number of imidazole rings is 1. The summed E-state index contributed by atoms with van der Waals surface area (Å²) in [6.45, 7) is 3.86. The summed E-state index contributed by atoms with van der Waals surface area (Å²) >= 11 is 11.9. The zero-order valence-electron chi connectivity index (χ0n) is 11.4. The third-order valence-corrected chi connectivity index (χ3v) is 3.49. The van der Waals surface area contributed by atoms with E-state index in [0.717, 1.165) is 0 Å². The zero-order chi connectivity index (χ0) is 14.9.